The zero-order valence-electron chi connectivity index (χ0n) is 17.2. The first kappa shape index (κ1) is 20.6. The van der Waals surface area contributed by atoms with Crippen LogP contribution in [0.4, 0.5) is 11.4 Å². The van der Waals surface area contributed by atoms with Gasteiger partial charge in [0, 0.05) is 41.3 Å². The third-order valence-electron chi connectivity index (χ3n) is 5.35. The van der Waals surface area contributed by atoms with Gasteiger partial charge >= 0.3 is 0 Å². The van der Waals surface area contributed by atoms with Gasteiger partial charge in [-0.3, -0.25) is 14.6 Å². The van der Waals surface area contributed by atoms with Gasteiger partial charge in [-0.15, -0.1) is 0 Å². The van der Waals surface area contributed by atoms with Gasteiger partial charge in [0.15, 0.2) is 0 Å². The van der Waals surface area contributed by atoms with Crippen LogP contribution in [-0.4, -0.2) is 16.8 Å². The summed E-state index contributed by atoms with van der Waals surface area (Å²) < 4.78 is 5.79. The number of hydrogen-bond acceptors (Lipinski definition) is 4. The second-order valence-corrected chi connectivity index (χ2v) is 7.67. The monoisotopic (exact) mass is 415 g/mol. The smallest absolute Gasteiger partial charge is 0.255 e. The number of hydrogen-bond donors (Lipinski definition) is 2. The van der Waals surface area contributed by atoms with Crippen molar-refractivity contribution in [2.75, 3.05) is 10.6 Å². The van der Waals surface area contributed by atoms with E-state index in [0.717, 1.165) is 25.7 Å². The molecular formula is C25H25N3O3. The van der Waals surface area contributed by atoms with E-state index >= 15 is 0 Å². The Morgan fingerprint density at radius 2 is 1.52 bits per heavy atom. The predicted octanol–water partition coefficient (Wildman–Crippen LogP) is 5.65. The van der Waals surface area contributed by atoms with Crippen LogP contribution in [0.3, 0.4) is 0 Å². The minimum absolute atomic E-state index is 0.0400. The summed E-state index contributed by atoms with van der Waals surface area (Å²) in [6.07, 6.45) is 8.58. The van der Waals surface area contributed by atoms with Crippen molar-refractivity contribution in [3.8, 4) is 11.5 Å². The maximum absolute atomic E-state index is 12.8. The van der Waals surface area contributed by atoms with Crippen LogP contribution in [0.5, 0.6) is 11.5 Å². The molecule has 0 saturated heterocycles. The molecule has 0 radical (unpaired) electrons. The van der Waals surface area contributed by atoms with Crippen molar-refractivity contribution in [1.29, 1.82) is 0 Å². The Kier molecular flexibility index (Phi) is 6.57. The lowest BCUT2D eigenvalue weighted by Gasteiger charge is -2.20. The molecule has 0 atom stereocenters. The molecule has 0 aliphatic heterocycles. The van der Waals surface area contributed by atoms with Crippen molar-refractivity contribution in [3.63, 3.8) is 0 Å². The fourth-order valence-corrected chi connectivity index (χ4v) is 3.73. The highest BCUT2D eigenvalue weighted by atomic mass is 16.5. The van der Waals surface area contributed by atoms with E-state index in [1.165, 1.54) is 6.42 Å². The Balaban J connectivity index is 1.40. The van der Waals surface area contributed by atoms with E-state index in [-0.39, 0.29) is 17.7 Å². The SMILES string of the molecule is O=C(Nc1cccc(Oc2ccncc2)c1)c1cccc(NC(=O)C2CCCCC2)c1. The largest absolute Gasteiger partial charge is 0.457 e. The normalized spacial score (nSPS) is 13.9. The van der Waals surface area contributed by atoms with Crippen molar-refractivity contribution >= 4 is 23.2 Å². The molecule has 2 aromatic carbocycles. The summed E-state index contributed by atoms with van der Waals surface area (Å²) in [6, 6.07) is 17.7. The van der Waals surface area contributed by atoms with Crippen LogP contribution < -0.4 is 15.4 Å². The summed E-state index contributed by atoms with van der Waals surface area (Å²) in [5, 5.41) is 5.85. The van der Waals surface area contributed by atoms with Crippen molar-refractivity contribution in [2.24, 2.45) is 5.92 Å². The minimum Gasteiger partial charge on any atom is -0.457 e. The summed E-state index contributed by atoms with van der Waals surface area (Å²) in [6.45, 7) is 0. The molecule has 1 aromatic heterocycles. The van der Waals surface area contributed by atoms with Crippen LogP contribution in [0, 0.1) is 5.92 Å². The lowest BCUT2D eigenvalue weighted by molar-refractivity contribution is -0.120. The molecule has 2 N–H and O–H groups in total. The fraction of sp³-hybridized carbons (Fsp3) is 0.240. The number of ether oxygens (including phenoxy) is 1. The first-order valence-electron chi connectivity index (χ1n) is 10.6. The predicted molar refractivity (Wildman–Crippen MR) is 120 cm³/mol. The van der Waals surface area contributed by atoms with Gasteiger partial charge in [0.05, 0.1) is 0 Å². The zero-order valence-corrected chi connectivity index (χ0v) is 17.2. The van der Waals surface area contributed by atoms with Gasteiger partial charge in [0.25, 0.3) is 5.91 Å². The van der Waals surface area contributed by atoms with Crippen LogP contribution in [0.15, 0.2) is 73.1 Å². The molecule has 6 heteroatoms. The van der Waals surface area contributed by atoms with Gasteiger partial charge in [0.1, 0.15) is 11.5 Å². The molecule has 2 amide bonds. The molecule has 1 heterocycles. The molecule has 1 aliphatic carbocycles. The molecule has 1 aliphatic rings. The van der Waals surface area contributed by atoms with Crippen molar-refractivity contribution in [2.45, 2.75) is 32.1 Å². The molecule has 0 unspecified atom stereocenters. The number of benzene rings is 2. The highest BCUT2D eigenvalue weighted by Gasteiger charge is 2.21. The third-order valence-corrected chi connectivity index (χ3v) is 5.35. The van der Waals surface area contributed by atoms with E-state index in [0.29, 0.717) is 28.4 Å². The number of anilines is 2. The van der Waals surface area contributed by atoms with Gasteiger partial charge in [0.2, 0.25) is 5.91 Å². The van der Waals surface area contributed by atoms with Gasteiger partial charge in [-0.2, -0.15) is 0 Å². The highest BCUT2D eigenvalue weighted by molar-refractivity contribution is 6.05. The molecule has 1 saturated carbocycles. The van der Waals surface area contributed by atoms with Gasteiger partial charge in [-0.05, 0) is 55.3 Å². The van der Waals surface area contributed by atoms with Crippen LogP contribution in [-0.2, 0) is 4.79 Å². The number of nitrogens with one attached hydrogen (secondary N) is 2. The van der Waals surface area contributed by atoms with Crippen molar-refractivity contribution < 1.29 is 14.3 Å². The van der Waals surface area contributed by atoms with Crippen LogP contribution in [0.2, 0.25) is 0 Å². The molecule has 1 fully saturated rings. The zero-order chi connectivity index (χ0) is 21.5. The third kappa shape index (κ3) is 5.69. The molecular weight excluding hydrogens is 390 g/mol. The summed E-state index contributed by atoms with van der Waals surface area (Å²) in [5.41, 5.74) is 1.73. The highest BCUT2D eigenvalue weighted by Crippen LogP contribution is 2.26. The van der Waals surface area contributed by atoms with Crippen molar-refractivity contribution in [1.82, 2.24) is 4.98 Å². The molecule has 6 nitrogen and oxygen atoms in total. The number of amides is 2. The standard InChI is InChI=1S/C25H25N3O3/c29-24(18-6-2-1-3-7-18)27-20-9-4-8-19(16-20)25(30)28-21-10-5-11-23(17-21)31-22-12-14-26-15-13-22/h4-5,8-18H,1-3,6-7H2,(H,27,29)(H,28,30). The summed E-state index contributed by atoms with van der Waals surface area (Å²) >= 11 is 0. The first-order valence-corrected chi connectivity index (χ1v) is 10.6. The van der Waals surface area contributed by atoms with Crippen LogP contribution in [0.1, 0.15) is 42.5 Å². The van der Waals surface area contributed by atoms with E-state index in [1.54, 1.807) is 60.9 Å². The second-order valence-electron chi connectivity index (χ2n) is 7.67. The Bertz CT molecular complexity index is 1050. The van der Waals surface area contributed by atoms with Gasteiger partial charge in [-0.1, -0.05) is 31.4 Å². The van der Waals surface area contributed by atoms with E-state index in [1.807, 2.05) is 12.1 Å². The first-order chi connectivity index (χ1) is 15.2. The summed E-state index contributed by atoms with van der Waals surface area (Å²) in [5.74, 6) is 1.12. The number of carbonyl (C=O) groups is 2. The quantitative estimate of drug-likeness (QED) is 0.546. The van der Waals surface area contributed by atoms with Crippen LogP contribution in [0.25, 0.3) is 0 Å². The van der Waals surface area contributed by atoms with E-state index in [9.17, 15) is 9.59 Å². The number of carbonyl (C=O) groups excluding carboxylic acids is 2. The second kappa shape index (κ2) is 9.89. The number of pyridine rings is 1. The van der Waals surface area contributed by atoms with Crippen molar-refractivity contribution in [3.05, 3.63) is 78.6 Å². The number of aromatic nitrogens is 1. The van der Waals surface area contributed by atoms with Gasteiger partial charge in [-0.25, -0.2) is 0 Å². The van der Waals surface area contributed by atoms with E-state index in [2.05, 4.69) is 15.6 Å². The van der Waals surface area contributed by atoms with E-state index < -0.39 is 0 Å². The average Bonchev–Trinajstić information content (AvgIpc) is 2.81. The Morgan fingerprint density at radius 3 is 2.29 bits per heavy atom. The fourth-order valence-electron chi connectivity index (χ4n) is 3.73. The Hall–Kier alpha value is -3.67. The maximum Gasteiger partial charge on any atom is 0.255 e. The number of nitrogens with zero attached hydrogens (tertiary/aromatic N) is 1. The molecule has 31 heavy (non-hydrogen) atoms. The lowest BCUT2D eigenvalue weighted by atomic mass is 9.88. The topological polar surface area (TPSA) is 80.3 Å². The van der Waals surface area contributed by atoms with Gasteiger partial charge < -0.3 is 15.4 Å². The van der Waals surface area contributed by atoms with E-state index in [4.69, 9.17) is 4.74 Å². The minimum atomic E-state index is -0.255. The summed E-state index contributed by atoms with van der Waals surface area (Å²) in [4.78, 5) is 29.2. The van der Waals surface area contributed by atoms with Crippen LogP contribution >= 0.6 is 0 Å². The molecule has 0 spiro atoms. The summed E-state index contributed by atoms with van der Waals surface area (Å²) in [7, 11) is 0. The Morgan fingerprint density at radius 1 is 0.806 bits per heavy atom. The number of rotatable bonds is 6. The molecule has 0 bridgehead atoms. The molecule has 4 rings (SSSR count). The lowest BCUT2D eigenvalue weighted by Crippen LogP contribution is -2.24. The average molecular weight is 415 g/mol. The Labute approximate surface area is 181 Å². The molecule has 158 valence electrons. The molecule has 3 aromatic rings. The maximum atomic E-state index is 12.8.